The predicted molar refractivity (Wildman–Crippen MR) is 121 cm³/mol. The second-order valence-corrected chi connectivity index (χ2v) is 9.01. The summed E-state index contributed by atoms with van der Waals surface area (Å²) in [7, 11) is 0. The van der Waals surface area contributed by atoms with Crippen molar-refractivity contribution in [3.63, 3.8) is 0 Å². The third kappa shape index (κ3) is 4.57. The van der Waals surface area contributed by atoms with Gasteiger partial charge in [0.25, 0.3) is 5.91 Å². The Morgan fingerprint density at radius 1 is 1.27 bits per heavy atom. The van der Waals surface area contributed by atoms with Gasteiger partial charge in [-0.05, 0) is 66.7 Å². The number of para-hydroxylation sites is 1. The number of furan rings is 1. The smallest absolute Gasteiger partial charge is 0.266 e. The fourth-order valence-electron chi connectivity index (χ4n) is 2.70. The van der Waals surface area contributed by atoms with Crippen molar-refractivity contribution in [1.82, 2.24) is 4.98 Å². The summed E-state index contributed by atoms with van der Waals surface area (Å²) in [6.45, 7) is 1.83. The summed E-state index contributed by atoms with van der Waals surface area (Å²) in [6.07, 6.45) is 1.42. The average molecular weight is 452 g/mol. The Bertz CT molecular complexity index is 1280. The second kappa shape index (κ2) is 8.76. The number of anilines is 1. The van der Waals surface area contributed by atoms with Gasteiger partial charge in [-0.15, -0.1) is 11.3 Å². The van der Waals surface area contributed by atoms with E-state index in [-0.39, 0.29) is 5.57 Å². The van der Waals surface area contributed by atoms with Crippen LogP contribution in [0, 0.1) is 18.3 Å². The number of hydrogen-bond donors (Lipinski definition) is 1. The molecule has 1 amide bonds. The van der Waals surface area contributed by atoms with Gasteiger partial charge in [0.05, 0.1) is 10.2 Å². The molecular formula is C22H14ClN3O2S2. The summed E-state index contributed by atoms with van der Waals surface area (Å²) in [4.78, 5) is 17.1. The van der Waals surface area contributed by atoms with Gasteiger partial charge in [0.15, 0.2) is 9.43 Å². The first-order chi connectivity index (χ1) is 14.5. The van der Waals surface area contributed by atoms with Crippen molar-refractivity contribution >= 4 is 62.6 Å². The largest absolute Gasteiger partial charge is 0.450 e. The van der Waals surface area contributed by atoms with Crippen LogP contribution in [0.4, 0.5) is 5.69 Å². The van der Waals surface area contributed by atoms with Gasteiger partial charge in [-0.2, -0.15) is 5.26 Å². The molecule has 2 aromatic heterocycles. The Balaban J connectivity index is 1.49. The molecule has 8 heteroatoms. The van der Waals surface area contributed by atoms with Crippen molar-refractivity contribution in [2.75, 3.05) is 5.32 Å². The fraction of sp³-hybridized carbons (Fsp3) is 0.0455. The van der Waals surface area contributed by atoms with E-state index in [9.17, 15) is 10.1 Å². The Morgan fingerprint density at radius 3 is 2.87 bits per heavy atom. The molecule has 4 rings (SSSR count). The zero-order valence-electron chi connectivity index (χ0n) is 15.7. The van der Waals surface area contributed by atoms with Crippen LogP contribution in [0.5, 0.6) is 0 Å². The minimum Gasteiger partial charge on any atom is -0.450 e. The fourth-order valence-corrected chi connectivity index (χ4v) is 4.89. The highest BCUT2D eigenvalue weighted by Gasteiger charge is 2.13. The number of aromatic nitrogens is 1. The topological polar surface area (TPSA) is 78.9 Å². The highest BCUT2D eigenvalue weighted by Crippen LogP contribution is 2.35. The molecule has 2 aromatic carbocycles. The molecule has 5 nitrogen and oxygen atoms in total. The van der Waals surface area contributed by atoms with E-state index in [4.69, 9.17) is 16.0 Å². The molecule has 0 radical (unpaired) electrons. The summed E-state index contributed by atoms with van der Waals surface area (Å²) in [5, 5.41) is 13.4. The number of benzene rings is 2. The molecule has 0 aliphatic carbocycles. The van der Waals surface area contributed by atoms with Gasteiger partial charge in [0.2, 0.25) is 0 Å². The zero-order valence-corrected chi connectivity index (χ0v) is 18.1. The van der Waals surface area contributed by atoms with Crippen LogP contribution in [0.1, 0.15) is 11.3 Å². The molecule has 0 saturated carbocycles. The third-order valence-electron chi connectivity index (χ3n) is 4.15. The van der Waals surface area contributed by atoms with Crippen LogP contribution in [0.2, 0.25) is 5.02 Å². The lowest BCUT2D eigenvalue weighted by Gasteiger charge is -2.07. The van der Waals surface area contributed by atoms with Crippen molar-refractivity contribution in [2.45, 2.75) is 16.4 Å². The number of halogens is 1. The third-order valence-corrected chi connectivity index (χ3v) is 6.41. The SMILES string of the molecule is Cc1cc(Cl)ccc1NC(=O)/C(C#N)=C/c1ccc(Sc2nc3ccccc3s2)o1. The molecule has 2 heterocycles. The predicted octanol–water partition coefficient (Wildman–Crippen LogP) is 6.55. The number of carbonyl (C=O) groups excluding carboxylic acids is 1. The molecule has 0 aliphatic heterocycles. The number of carbonyl (C=O) groups is 1. The summed E-state index contributed by atoms with van der Waals surface area (Å²) < 4.78 is 7.72. The van der Waals surface area contributed by atoms with Crippen molar-refractivity contribution in [2.24, 2.45) is 0 Å². The first-order valence-electron chi connectivity index (χ1n) is 8.84. The van der Waals surface area contributed by atoms with Crippen molar-refractivity contribution in [1.29, 1.82) is 5.26 Å². The van der Waals surface area contributed by atoms with E-state index < -0.39 is 5.91 Å². The van der Waals surface area contributed by atoms with Crippen LogP contribution in [-0.4, -0.2) is 10.9 Å². The van der Waals surface area contributed by atoms with Crippen LogP contribution in [0.25, 0.3) is 16.3 Å². The number of fused-ring (bicyclic) bond motifs is 1. The van der Waals surface area contributed by atoms with Gasteiger partial charge in [-0.3, -0.25) is 4.79 Å². The van der Waals surface area contributed by atoms with E-state index in [0.29, 0.717) is 21.6 Å². The number of thiazole rings is 1. The number of rotatable bonds is 5. The first kappa shape index (κ1) is 20.2. The number of aryl methyl sites for hydroxylation is 1. The number of nitrogens with zero attached hydrogens (tertiary/aromatic N) is 2. The quantitative estimate of drug-likeness (QED) is 0.275. The average Bonchev–Trinajstić information content (AvgIpc) is 3.34. The maximum absolute atomic E-state index is 12.5. The molecule has 0 fully saturated rings. The minimum atomic E-state index is -0.514. The number of amides is 1. The second-order valence-electron chi connectivity index (χ2n) is 6.29. The van der Waals surface area contributed by atoms with Crippen LogP contribution in [-0.2, 0) is 4.79 Å². The molecule has 148 valence electrons. The van der Waals surface area contributed by atoms with Gasteiger partial charge in [0, 0.05) is 16.8 Å². The first-order valence-corrected chi connectivity index (χ1v) is 10.9. The molecule has 0 aliphatic rings. The summed E-state index contributed by atoms with van der Waals surface area (Å²) in [5.74, 6) is -0.0992. The van der Waals surface area contributed by atoms with E-state index >= 15 is 0 Å². The molecule has 0 unspecified atom stereocenters. The lowest BCUT2D eigenvalue weighted by Crippen LogP contribution is -2.14. The molecule has 30 heavy (non-hydrogen) atoms. The highest BCUT2D eigenvalue weighted by atomic mass is 35.5. The van der Waals surface area contributed by atoms with E-state index in [1.165, 1.54) is 17.8 Å². The normalized spacial score (nSPS) is 11.4. The Kier molecular flexibility index (Phi) is 5.91. The maximum Gasteiger partial charge on any atom is 0.266 e. The van der Waals surface area contributed by atoms with Crippen molar-refractivity contribution in [3.8, 4) is 6.07 Å². The van der Waals surface area contributed by atoms with Gasteiger partial charge in [-0.1, -0.05) is 23.7 Å². The van der Waals surface area contributed by atoms with E-state index in [0.717, 1.165) is 20.1 Å². The Hall–Kier alpha value is -3.05. The summed E-state index contributed by atoms with van der Waals surface area (Å²) in [5.41, 5.74) is 2.28. The van der Waals surface area contributed by atoms with Gasteiger partial charge in [0.1, 0.15) is 17.4 Å². The lowest BCUT2D eigenvalue weighted by atomic mass is 10.1. The maximum atomic E-state index is 12.5. The van der Waals surface area contributed by atoms with E-state index in [1.54, 1.807) is 41.7 Å². The van der Waals surface area contributed by atoms with Gasteiger partial charge >= 0.3 is 0 Å². The molecule has 0 bridgehead atoms. The number of nitriles is 1. The van der Waals surface area contributed by atoms with E-state index in [2.05, 4.69) is 10.3 Å². The van der Waals surface area contributed by atoms with Crippen LogP contribution in [0.15, 0.2) is 74.0 Å². The molecule has 4 aromatic rings. The monoisotopic (exact) mass is 451 g/mol. The van der Waals surface area contributed by atoms with Crippen LogP contribution < -0.4 is 5.32 Å². The van der Waals surface area contributed by atoms with Gasteiger partial charge in [-0.25, -0.2) is 4.98 Å². The molecular weight excluding hydrogens is 438 g/mol. The molecule has 1 N–H and O–H groups in total. The number of hydrogen-bond acceptors (Lipinski definition) is 6. The minimum absolute atomic E-state index is 0.0600. The van der Waals surface area contributed by atoms with Crippen LogP contribution >= 0.6 is 34.7 Å². The van der Waals surface area contributed by atoms with Gasteiger partial charge < -0.3 is 9.73 Å². The van der Waals surface area contributed by atoms with Crippen molar-refractivity contribution < 1.29 is 9.21 Å². The van der Waals surface area contributed by atoms with E-state index in [1.807, 2.05) is 37.3 Å². The number of nitrogens with one attached hydrogen (secondary N) is 1. The Morgan fingerprint density at radius 2 is 2.10 bits per heavy atom. The highest BCUT2D eigenvalue weighted by molar-refractivity contribution is 8.01. The zero-order chi connectivity index (χ0) is 21.1. The Labute approximate surface area is 186 Å². The van der Waals surface area contributed by atoms with Crippen LogP contribution in [0.3, 0.4) is 0 Å². The summed E-state index contributed by atoms with van der Waals surface area (Å²) in [6, 6.07) is 18.5. The molecule has 0 saturated heterocycles. The molecule has 0 spiro atoms. The standard InChI is InChI=1S/C22H14ClN3O2S2/c1-13-10-15(23)6-8-17(13)25-21(27)14(12-24)11-16-7-9-20(28-16)30-22-26-18-4-2-3-5-19(18)29-22/h2-11H,1H3,(H,25,27)/b14-11+. The summed E-state index contributed by atoms with van der Waals surface area (Å²) >= 11 is 8.92. The lowest BCUT2D eigenvalue weighted by molar-refractivity contribution is -0.112. The molecule has 0 atom stereocenters. The van der Waals surface area contributed by atoms with Crippen molar-refractivity contribution in [3.05, 3.63) is 76.5 Å².